The second kappa shape index (κ2) is 12.5. The van der Waals surface area contributed by atoms with Crippen LogP contribution in [0.3, 0.4) is 0 Å². The molecule has 0 radical (unpaired) electrons. The summed E-state index contributed by atoms with van der Waals surface area (Å²) in [7, 11) is 0. The lowest BCUT2D eigenvalue weighted by molar-refractivity contribution is 0.668. The van der Waals surface area contributed by atoms with Gasteiger partial charge in [0.2, 0.25) is 0 Å². The first kappa shape index (κ1) is 31.7. The molecule has 0 N–H and O–H groups in total. The van der Waals surface area contributed by atoms with Gasteiger partial charge in [-0.05, 0) is 123 Å². The monoisotopic (exact) mass is 727 g/mol. The van der Waals surface area contributed by atoms with Gasteiger partial charge in [0.25, 0.3) is 0 Å². The van der Waals surface area contributed by atoms with Crippen LogP contribution < -0.4 is 0 Å². The Morgan fingerprint density at radius 3 is 1.37 bits per heavy atom. The van der Waals surface area contributed by atoms with Crippen LogP contribution in [-0.4, -0.2) is 4.57 Å². The summed E-state index contributed by atoms with van der Waals surface area (Å²) in [5.74, 6) is 0. The average Bonchev–Trinajstić information content (AvgIpc) is 3.95. The molecule has 3 heteroatoms. The molecule has 3 heterocycles. The predicted octanol–water partition coefficient (Wildman–Crippen LogP) is 15.3. The van der Waals surface area contributed by atoms with E-state index in [2.05, 4.69) is 193 Å². The van der Waals surface area contributed by atoms with Crippen LogP contribution in [0.25, 0.3) is 116 Å². The number of hydrogen-bond acceptors (Lipinski definition) is 2. The number of hydrogen-bond donors (Lipinski definition) is 0. The third kappa shape index (κ3) is 5.13. The molecule has 57 heavy (non-hydrogen) atoms. The van der Waals surface area contributed by atoms with Gasteiger partial charge in [0, 0.05) is 38.0 Å². The van der Waals surface area contributed by atoms with E-state index < -0.39 is 0 Å². The van der Waals surface area contributed by atoms with Crippen LogP contribution in [0.2, 0.25) is 0 Å². The number of para-hydroxylation sites is 2. The minimum absolute atomic E-state index is 0.874. The van der Waals surface area contributed by atoms with Crippen LogP contribution in [0.15, 0.2) is 209 Å². The van der Waals surface area contributed by atoms with E-state index in [1.807, 2.05) is 12.1 Å². The first-order valence-electron chi connectivity index (χ1n) is 19.4. The zero-order valence-corrected chi connectivity index (χ0v) is 30.8. The highest BCUT2D eigenvalue weighted by atomic mass is 16.3. The molecule has 3 nitrogen and oxygen atoms in total. The molecule has 3 aromatic heterocycles. The van der Waals surface area contributed by atoms with Crippen molar-refractivity contribution >= 4 is 65.7 Å². The topological polar surface area (TPSA) is 31.2 Å². The van der Waals surface area contributed by atoms with Gasteiger partial charge in [-0.1, -0.05) is 121 Å². The van der Waals surface area contributed by atoms with Crippen molar-refractivity contribution in [3.8, 4) is 50.2 Å². The van der Waals surface area contributed by atoms with E-state index in [0.29, 0.717) is 0 Å². The van der Waals surface area contributed by atoms with Gasteiger partial charge in [0.1, 0.15) is 22.3 Å². The van der Waals surface area contributed by atoms with Crippen molar-refractivity contribution in [1.82, 2.24) is 4.57 Å². The standard InChI is InChI=1S/C54H33NO2/c1-2-10-34(11-3-1)35-12-8-13-36(28-35)37-14-9-15-38(29-37)39-20-24-50-45(30-39)43-16-4-6-18-49(43)55(50)42-23-27-54-48(33-42)47-32-41(22-26-53(47)57-54)40-21-25-52-46(31-40)44-17-5-7-19-51(44)56-52/h1-33H. The number of nitrogens with zero attached hydrogens (tertiary/aromatic N) is 1. The van der Waals surface area contributed by atoms with E-state index in [1.165, 1.54) is 55.2 Å². The molecule has 0 saturated carbocycles. The van der Waals surface area contributed by atoms with Gasteiger partial charge in [-0.15, -0.1) is 0 Å². The Hall–Kier alpha value is -7.62. The van der Waals surface area contributed by atoms with Gasteiger partial charge < -0.3 is 13.4 Å². The number of aromatic nitrogens is 1. The van der Waals surface area contributed by atoms with Gasteiger partial charge in [-0.25, -0.2) is 0 Å². The first-order valence-corrected chi connectivity index (χ1v) is 19.4. The molecule has 266 valence electrons. The quantitative estimate of drug-likeness (QED) is 0.177. The van der Waals surface area contributed by atoms with Crippen molar-refractivity contribution in [2.24, 2.45) is 0 Å². The Labute approximate surface area is 328 Å². The molecule has 0 spiro atoms. The van der Waals surface area contributed by atoms with E-state index in [9.17, 15) is 0 Å². The minimum atomic E-state index is 0.874. The average molecular weight is 728 g/mol. The van der Waals surface area contributed by atoms with E-state index in [4.69, 9.17) is 8.83 Å². The Balaban J connectivity index is 0.954. The SMILES string of the molecule is c1ccc(-c2cccc(-c3cccc(-c4ccc5c(c4)c4ccccc4n5-c4ccc5oc6ccc(-c7ccc8oc9ccccc9c8c7)cc6c5c4)c3)c2)cc1. The third-order valence-electron chi connectivity index (χ3n) is 11.6. The van der Waals surface area contributed by atoms with Gasteiger partial charge in [-0.2, -0.15) is 0 Å². The summed E-state index contributed by atoms with van der Waals surface area (Å²) < 4.78 is 14.9. The molecule has 0 atom stereocenters. The number of rotatable bonds is 5. The molecule has 0 fully saturated rings. The number of furan rings is 2. The third-order valence-corrected chi connectivity index (χ3v) is 11.6. The summed E-state index contributed by atoms with van der Waals surface area (Å²) in [6.07, 6.45) is 0. The van der Waals surface area contributed by atoms with Crippen molar-refractivity contribution in [3.05, 3.63) is 200 Å². The molecule has 0 bridgehead atoms. The van der Waals surface area contributed by atoms with Gasteiger partial charge in [0.15, 0.2) is 0 Å². The lowest BCUT2D eigenvalue weighted by Gasteiger charge is -2.10. The van der Waals surface area contributed by atoms with Crippen molar-refractivity contribution in [2.75, 3.05) is 0 Å². The maximum Gasteiger partial charge on any atom is 0.135 e. The maximum absolute atomic E-state index is 6.42. The van der Waals surface area contributed by atoms with Crippen molar-refractivity contribution in [1.29, 1.82) is 0 Å². The first-order chi connectivity index (χ1) is 28.2. The lowest BCUT2D eigenvalue weighted by atomic mass is 9.96. The zero-order chi connectivity index (χ0) is 37.5. The fourth-order valence-electron chi connectivity index (χ4n) is 8.81. The molecular formula is C54H33NO2. The fourth-order valence-corrected chi connectivity index (χ4v) is 8.81. The van der Waals surface area contributed by atoms with Crippen LogP contribution >= 0.6 is 0 Å². The molecule has 9 aromatic carbocycles. The highest BCUT2D eigenvalue weighted by molar-refractivity contribution is 6.12. The Bertz CT molecular complexity index is 3530. The molecule has 0 amide bonds. The summed E-state index contributed by atoms with van der Waals surface area (Å²) in [6, 6.07) is 71.7. The van der Waals surface area contributed by atoms with Crippen molar-refractivity contribution in [3.63, 3.8) is 0 Å². The highest BCUT2D eigenvalue weighted by Crippen LogP contribution is 2.40. The maximum atomic E-state index is 6.42. The zero-order valence-electron chi connectivity index (χ0n) is 30.8. The lowest BCUT2D eigenvalue weighted by Crippen LogP contribution is -1.93. The Morgan fingerprint density at radius 2 is 0.684 bits per heavy atom. The molecule has 0 unspecified atom stereocenters. The molecule has 12 aromatic rings. The van der Waals surface area contributed by atoms with E-state index in [0.717, 1.165) is 60.7 Å². The van der Waals surface area contributed by atoms with Crippen LogP contribution in [0.5, 0.6) is 0 Å². The molecule has 12 rings (SSSR count). The van der Waals surface area contributed by atoms with Crippen LogP contribution in [0, 0.1) is 0 Å². The van der Waals surface area contributed by atoms with Crippen molar-refractivity contribution < 1.29 is 8.83 Å². The predicted molar refractivity (Wildman–Crippen MR) is 237 cm³/mol. The Kier molecular flexibility index (Phi) is 6.93. The minimum Gasteiger partial charge on any atom is -0.456 e. The van der Waals surface area contributed by atoms with E-state index in [-0.39, 0.29) is 0 Å². The van der Waals surface area contributed by atoms with Crippen LogP contribution in [-0.2, 0) is 0 Å². The summed E-state index contributed by atoms with van der Waals surface area (Å²) in [4.78, 5) is 0. The smallest absolute Gasteiger partial charge is 0.135 e. The molecule has 0 saturated heterocycles. The Morgan fingerprint density at radius 1 is 0.246 bits per heavy atom. The van der Waals surface area contributed by atoms with Crippen LogP contribution in [0.1, 0.15) is 0 Å². The summed E-state index contributed by atoms with van der Waals surface area (Å²) in [5.41, 5.74) is 16.5. The van der Waals surface area contributed by atoms with Gasteiger partial charge in [0.05, 0.1) is 11.0 Å². The number of fused-ring (bicyclic) bond motifs is 9. The molecular weight excluding hydrogens is 695 g/mol. The van der Waals surface area contributed by atoms with Crippen molar-refractivity contribution in [2.45, 2.75) is 0 Å². The number of benzene rings is 9. The van der Waals surface area contributed by atoms with E-state index >= 15 is 0 Å². The summed E-state index contributed by atoms with van der Waals surface area (Å²) in [6.45, 7) is 0. The molecule has 0 aliphatic carbocycles. The summed E-state index contributed by atoms with van der Waals surface area (Å²) in [5, 5.41) is 6.89. The van der Waals surface area contributed by atoms with Gasteiger partial charge >= 0.3 is 0 Å². The van der Waals surface area contributed by atoms with E-state index in [1.54, 1.807) is 0 Å². The normalized spacial score (nSPS) is 11.9. The largest absolute Gasteiger partial charge is 0.456 e. The summed E-state index contributed by atoms with van der Waals surface area (Å²) >= 11 is 0. The van der Waals surface area contributed by atoms with Gasteiger partial charge in [-0.3, -0.25) is 0 Å². The highest BCUT2D eigenvalue weighted by Gasteiger charge is 2.17. The molecule has 0 aliphatic rings. The van der Waals surface area contributed by atoms with Crippen LogP contribution in [0.4, 0.5) is 0 Å². The molecule has 0 aliphatic heterocycles. The second-order valence-electron chi connectivity index (χ2n) is 14.9. The second-order valence-corrected chi connectivity index (χ2v) is 14.9. The fraction of sp³-hybridized carbons (Fsp3) is 0.